The quantitative estimate of drug-likeness (QED) is 0.293. The second-order valence-electron chi connectivity index (χ2n) is 10.4. The number of likely N-dealkylation sites (tertiary alicyclic amines) is 1. The number of carbonyl (C=O) groups is 1. The Hall–Kier alpha value is -2.57. The van der Waals surface area contributed by atoms with Gasteiger partial charge in [-0.2, -0.15) is 0 Å². The number of nitrogens with zero attached hydrogens (tertiary/aromatic N) is 2. The van der Waals surface area contributed by atoms with E-state index < -0.39 is 5.60 Å². The van der Waals surface area contributed by atoms with Crippen LogP contribution in [0.15, 0.2) is 72.8 Å². The van der Waals surface area contributed by atoms with E-state index >= 15 is 0 Å². The van der Waals surface area contributed by atoms with Gasteiger partial charge in [0.25, 0.3) is 5.91 Å². The Morgan fingerprint density at radius 3 is 2.41 bits per heavy atom. The van der Waals surface area contributed by atoms with Gasteiger partial charge in [-0.3, -0.25) is 4.79 Å². The van der Waals surface area contributed by atoms with Crippen LogP contribution in [0.1, 0.15) is 53.6 Å². The lowest BCUT2D eigenvalue weighted by atomic mass is 9.86. The number of morpholine rings is 1. The maximum absolute atomic E-state index is 13.6. The number of halogens is 2. The number of amides is 1. The van der Waals surface area contributed by atoms with Crippen molar-refractivity contribution in [2.45, 2.75) is 37.7 Å². The lowest BCUT2D eigenvalue weighted by Crippen LogP contribution is -2.53. The minimum Gasteiger partial charge on any atom is -0.494 e. The van der Waals surface area contributed by atoms with E-state index in [1.807, 2.05) is 54.3 Å². The van der Waals surface area contributed by atoms with Crippen LogP contribution >= 0.6 is 23.2 Å². The van der Waals surface area contributed by atoms with Gasteiger partial charge in [0.2, 0.25) is 0 Å². The van der Waals surface area contributed by atoms with Crippen LogP contribution in [-0.4, -0.2) is 61.6 Å². The molecule has 0 N–H and O–H groups in total. The maximum Gasteiger partial charge on any atom is 0.254 e. The average Bonchev–Trinajstić information content (AvgIpc) is 2.98. The largest absolute Gasteiger partial charge is 0.494 e. The fourth-order valence-corrected chi connectivity index (χ4v) is 6.10. The van der Waals surface area contributed by atoms with Crippen molar-refractivity contribution in [1.82, 2.24) is 9.80 Å². The van der Waals surface area contributed by atoms with Gasteiger partial charge in [0.05, 0.1) is 29.8 Å². The van der Waals surface area contributed by atoms with Gasteiger partial charge in [-0.05, 0) is 92.7 Å². The third-order valence-corrected chi connectivity index (χ3v) is 8.76. The summed E-state index contributed by atoms with van der Waals surface area (Å²) in [5, 5.41) is 1.01. The molecule has 0 aliphatic carbocycles. The highest BCUT2D eigenvalue weighted by molar-refractivity contribution is 6.42. The molecule has 2 saturated heterocycles. The molecule has 1 unspecified atom stereocenters. The molecule has 7 heteroatoms. The van der Waals surface area contributed by atoms with Crippen LogP contribution in [0.2, 0.25) is 10.0 Å². The first-order valence-corrected chi connectivity index (χ1v) is 14.6. The van der Waals surface area contributed by atoms with E-state index in [-0.39, 0.29) is 5.91 Å². The summed E-state index contributed by atoms with van der Waals surface area (Å²) in [5.74, 6) is 1.37. The fourth-order valence-electron chi connectivity index (χ4n) is 5.80. The van der Waals surface area contributed by atoms with E-state index in [0.29, 0.717) is 47.8 Å². The van der Waals surface area contributed by atoms with Crippen LogP contribution in [0.25, 0.3) is 0 Å². The lowest BCUT2D eigenvalue weighted by Gasteiger charge is -2.44. The molecule has 1 atom stereocenters. The number of benzene rings is 3. The Balaban J connectivity index is 1.31. The minimum atomic E-state index is -0.663. The minimum absolute atomic E-state index is 0.00513. The van der Waals surface area contributed by atoms with E-state index in [0.717, 1.165) is 50.2 Å². The van der Waals surface area contributed by atoms with E-state index in [9.17, 15) is 4.79 Å². The van der Waals surface area contributed by atoms with Crippen LogP contribution in [0.4, 0.5) is 0 Å². The molecule has 0 saturated carbocycles. The molecule has 206 valence electrons. The van der Waals surface area contributed by atoms with Crippen molar-refractivity contribution in [2.75, 3.05) is 45.9 Å². The molecule has 2 fully saturated rings. The van der Waals surface area contributed by atoms with Crippen molar-refractivity contribution < 1.29 is 14.3 Å². The summed E-state index contributed by atoms with van der Waals surface area (Å²) in [4.78, 5) is 18.0. The first kappa shape index (κ1) is 28.0. The van der Waals surface area contributed by atoms with Crippen molar-refractivity contribution in [2.24, 2.45) is 0 Å². The van der Waals surface area contributed by atoms with Crippen molar-refractivity contribution in [1.29, 1.82) is 0 Å². The van der Waals surface area contributed by atoms with E-state index in [4.69, 9.17) is 32.7 Å². The molecule has 2 aliphatic heterocycles. The molecular weight excluding hydrogens is 531 g/mol. The smallest absolute Gasteiger partial charge is 0.254 e. The van der Waals surface area contributed by atoms with Gasteiger partial charge in [0.1, 0.15) is 11.4 Å². The third kappa shape index (κ3) is 6.60. The van der Waals surface area contributed by atoms with Gasteiger partial charge < -0.3 is 19.3 Å². The average molecular weight is 568 g/mol. The molecule has 0 bridgehead atoms. The Bertz CT molecular complexity index is 1250. The van der Waals surface area contributed by atoms with Gasteiger partial charge >= 0.3 is 0 Å². The highest BCUT2D eigenvalue weighted by atomic mass is 35.5. The molecule has 39 heavy (non-hydrogen) atoms. The molecule has 0 spiro atoms. The number of piperidine rings is 1. The molecule has 1 amide bonds. The topological polar surface area (TPSA) is 42.0 Å². The first-order valence-electron chi connectivity index (χ1n) is 13.9. The van der Waals surface area contributed by atoms with Gasteiger partial charge in [-0.1, -0.05) is 59.6 Å². The summed E-state index contributed by atoms with van der Waals surface area (Å²) in [7, 11) is 0. The number of rotatable bonds is 8. The molecule has 3 aromatic rings. The molecule has 5 nitrogen and oxygen atoms in total. The summed E-state index contributed by atoms with van der Waals surface area (Å²) in [6.07, 6.45) is 3.05. The van der Waals surface area contributed by atoms with Crippen molar-refractivity contribution in [3.63, 3.8) is 0 Å². The fraction of sp³-hybridized carbons (Fsp3) is 0.406. The zero-order valence-corrected chi connectivity index (χ0v) is 24.0. The first-order chi connectivity index (χ1) is 19.0. The molecule has 2 heterocycles. The van der Waals surface area contributed by atoms with Gasteiger partial charge in [0.15, 0.2) is 0 Å². The molecule has 5 rings (SSSR count). The molecule has 3 aromatic carbocycles. The van der Waals surface area contributed by atoms with E-state index in [1.54, 1.807) is 0 Å². The summed E-state index contributed by atoms with van der Waals surface area (Å²) in [6.45, 7) is 6.96. The predicted octanol–water partition coefficient (Wildman–Crippen LogP) is 7.03. The van der Waals surface area contributed by atoms with Crippen LogP contribution in [0.3, 0.4) is 0 Å². The number of ether oxygens (including phenoxy) is 2. The highest BCUT2D eigenvalue weighted by Gasteiger charge is 2.41. The van der Waals surface area contributed by atoms with Crippen LogP contribution in [-0.2, 0) is 10.3 Å². The van der Waals surface area contributed by atoms with Crippen LogP contribution in [0.5, 0.6) is 5.75 Å². The summed E-state index contributed by atoms with van der Waals surface area (Å²) in [6, 6.07) is 23.9. The zero-order valence-electron chi connectivity index (χ0n) is 22.5. The standard InChI is InChI=1S/C32H36Cl2N2O3/c1-2-38-28-11-8-26(9-12-28)31(37)36-20-21-39-32(23-36,27-10-13-29(33)30(34)22-27)16-19-35-17-14-25(15-18-35)24-6-4-3-5-7-24/h3-13,22,25H,2,14-21,23H2,1H3. The van der Waals surface area contributed by atoms with Gasteiger partial charge in [-0.25, -0.2) is 0 Å². The Morgan fingerprint density at radius 2 is 1.72 bits per heavy atom. The predicted molar refractivity (Wildman–Crippen MR) is 157 cm³/mol. The Morgan fingerprint density at radius 1 is 0.974 bits per heavy atom. The number of carbonyl (C=O) groups excluding carboxylic acids is 1. The molecule has 2 aliphatic rings. The van der Waals surface area contributed by atoms with E-state index in [2.05, 4.69) is 35.2 Å². The third-order valence-electron chi connectivity index (χ3n) is 8.02. The van der Waals surface area contributed by atoms with Crippen molar-refractivity contribution >= 4 is 29.1 Å². The Kier molecular flexibility index (Phi) is 9.13. The number of hydrogen-bond acceptors (Lipinski definition) is 4. The SMILES string of the molecule is CCOc1ccc(C(=O)N2CCOC(CCN3CCC(c4ccccc4)CC3)(c3ccc(Cl)c(Cl)c3)C2)cc1. The highest BCUT2D eigenvalue weighted by Crippen LogP contribution is 2.38. The molecular formula is C32H36Cl2N2O3. The van der Waals surface area contributed by atoms with Crippen molar-refractivity contribution in [3.8, 4) is 5.75 Å². The normalized spacial score (nSPS) is 20.6. The van der Waals surface area contributed by atoms with Crippen LogP contribution in [0, 0.1) is 0 Å². The number of hydrogen-bond donors (Lipinski definition) is 0. The second-order valence-corrected chi connectivity index (χ2v) is 11.2. The summed E-state index contributed by atoms with van der Waals surface area (Å²) >= 11 is 12.7. The molecule has 0 aromatic heterocycles. The van der Waals surface area contributed by atoms with Gasteiger partial charge in [0, 0.05) is 18.7 Å². The lowest BCUT2D eigenvalue weighted by molar-refractivity contribution is -0.113. The van der Waals surface area contributed by atoms with Gasteiger partial charge in [-0.15, -0.1) is 0 Å². The monoisotopic (exact) mass is 566 g/mol. The van der Waals surface area contributed by atoms with Crippen LogP contribution < -0.4 is 4.74 Å². The Labute approximate surface area is 241 Å². The van der Waals surface area contributed by atoms with Crippen molar-refractivity contribution in [3.05, 3.63) is 99.5 Å². The zero-order chi connectivity index (χ0) is 27.2. The maximum atomic E-state index is 13.6. The summed E-state index contributed by atoms with van der Waals surface area (Å²) < 4.78 is 12.1. The molecule has 0 radical (unpaired) electrons. The summed E-state index contributed by atoms with van der Waals surface area (Å²) in [5.41, 5.74) is 2.37. The van der Waals surface area contributed by atoms with E-state index in [1.165, 1.54) is 5.56 Å². The second kappa shape index (κ2) is 12.7.